The van der Waals surface area contributed by atoms with E-state index in [4.69, 9.17) is 4.74 Å². The van der Waals surface area contributed by atoms with Crippen molar-refractivity contribution in [2.45, 2.75) is 13.2 Å². The van der Waals surface area contributed by atoms with E-state index < -0.39 is 0 Å². The molecule has 0 unspecified atom stereocenters. The summed E-state index contributed by atoms with van der Waals surface area (Å²) in [6.07, 6.45) is 5.17. The third-order valence-corrected chi connectivity index (χ3v) is 6.21. The second-order valence-corrected chi connectivity index (χ2v) is 9.14. The van der Waals surface area contributed by atoms with Gasteiger partial charge in [0.2, 0.25) is 0 Å². The number of hydrogen-bond acceptors (Lipinski definition) is 4. The van der Waals surface area contributed by atoms with Crippen LogP contribution in [0.25, 0.3) is 16.8 Å². The van der Waals surface area contributed by atoms with Crippen molar-refractivity contribution >= 4 is 38.6 Å². The number of aromatic nitrogens is 3. The molecule has 7 heteroatoms. The maximum absolute atomic E-state index is 13.1. The third-order valence-electron chi connectivity index (χ3n) is 5.68. The summed E-state index contributed by atoms with van der Waals surface area (Å²) in [4.78, 5) is 12.7. The largest absolute Gasteiger partial charge is 0.487 e. The van der Waals surface area contributed by atoms with Gasteiger partial charge in [0.15, 0.2) is 5.78 Å². The van der Waals surface area contributed by atoms with Gasteiger partial charge in [-0.2, -0.15) is 0 Å². The van der Waals surface area contributed by atoms with Crippen LogP contribution in [0.1, 0.15) is 27.2 Å². The first-order valence-corrected chi connectivity index (χ1v) is 12.1. The number of rotatable bonds is 8. The lowest BCUT2D eigenvalue weighted by Crippen LogP contribution is -2.00. The summed E-state index contributed by atoms with van der Waals surface area (Å²) in [5.74, 6) is 0.275. The van der Waals surface area contributed by atoms with Gasteiger partial charge in [0, 0.05) is 15.6 Å². The first kappa shape index (κ1) is 23.6. The van der Waals surface area contributed by atoms with E-state index in [-0.39, 0.29) is 18.2 Å². The van der Waals surface area contributed by atoms with Crippen molar-refractivity contribution in [3.05, 3.63) is 130 Å². The average molecular weight is 542 g/mol. The highest BCUT2D eigenvalue weighted by atomic mass is 79.9. The van der Waals surface area contributed by atoms with Crippen molar-refractivity contribution < 1.29 is 13.9 Å². The maximum Gasteiger partial charge on any atom is 0.185 e. The SMILES string of the molecule is O=C(/C=C/c1c(OCc2cn(Cc3ccc(F)cc3)nn2)ccc2ccccc12)c1ccc(Br)cc1. The Hall–Kier alpha value is -4.10. The smallest absolute Gasteiger partial charge is 0.185 e. The lowest BCUT2D eigenvalue weighted by molar-refractivity contribution is 0.104. The van der Waals surface area contributed by atoms with E-state index in [0.717, 1.165) is 26.4 Å². The van der Waals surface area contributed by atoms with Crippen molar-refractivity contribution in [2.24, 2.45) is 0 Å². The fourth-order valence-corrected chi connectivity index (χ4v) is 4.12. The van der Waals surface area contributed by atoms with Gasteiger partial charge in [0.05, 0.1) is 12.7 Å². The van der Waals surface area contributed by atoms with Gasteiger partial charge in [-0.25, -0.2) is 9.07 Å². The molecule has 5 nitrogen and oxygen atoms in total. The zero-order valence-corrected chi connectivity index (χ0v) is 20.7. The number of carbonyl (C=O) groups excluding carboxylic acids is 1. The molecule has 0 radical (unpaired) electrons. The number of allylic oxidation sites excluding steroid dienone is 1. The van der Waals surface area contributed by atoms with Crippen LogP contribution in [0.15, 0.2) is 102 Å². The summed E-state index contributed by atoms with van der Waals surface area (Å²) in [6, 6.07) is 25.4. The number of fused-ring (bicyclic) bond motifs is 1. The molecule has 0 saturated carbocycles. The van der Waals surface area contributed by atoms with Crippen molar-refractivity contribution in [3.8, 4) is 5.75 Å². The molecule has 1 heterocycles. The van der Waals surface area contributed by atoms with Crippen molar-refractivity contribution in [2.75, 3.05) is 0 Å². The number of ether oxygens (including phenoxy) is 1. The molecule has 0 spiro atoms. The Morgan fingerprint density at radius 3 is 2.56 bits per heavy atom. The third kappa shape index (κ3) is 5.58. The average Bonchev–Trinajstić information content (AvgIpc) is 3.35. The number of benzene rings is 4. The van der Waals surface area contributed by atoms with E-state index in [0.29, 0.717) is 23.6 Å². The van der Waals surface area contributed by atoms with Gasteiger partial charge in [-0.05, 0) is 71.0 Å². The Balaban J connectivity index is 1.35. The molecule has 0 fully saturated rings. The Morgan fingerprint density at radius 1 is 0.972 bits per heavy atom. The maximum atomic E-state index is 13.1. The Bertz CT molecular complexity index is 1540. The summed E-state index contributed by atoms with van der Waals surface area (Å²) in [6.45, 7) is 0.693. The van der Waals surface area contributed by atoms with Gasteiger partial charge in [-0.1, -0.05) is 63.6 Å². The molecule has 0 N–H and O–H groups in total. The molecule has 0 aliphatic carbocycles. The minimum Gasteiger partial charge on any atom is -0.487 e. The Kier molecular flexibility index (Phi) is 7.00. The number of hydrogen-bond donors (Lipinski definition) is 0. The fourth-order valence-electron chi connectivity index (χ4n) is 3.85. The van der Waals surface area contributed by atoms with Crippen LogP contribution in [-0.4, -0.2) is 20.8 Å². The molecule has 0 bridgehead atoms. The standard InChI is InChI=1S/C29H21BrFN3O2/c30-23-10-7-22(8-11-23)28(35)15-14-27-26-4-2-1-3-21(26)9-16-29(27)36-19-25-18-34(33-32-25)17-20-5-12-24(31)13-6-20/h1-16,18H,17,19H2/b15-14+. The molecule has 0 aliphatic heterocycles. The van der Waals surface area contributed by atoms with Crippen LogP contribution >= 0.6 is 15.9 Å². The first-order valence-electron chi connectivity index (χ1n) is 11.3. The van der Waals surface area contributed by atoms with E-state index in [1.165, 1.54) is 12.1 Å². The van der Waals surface area contributed by atoms with Crippen molar-refractivity contribution in [1.29, 1.82) is 0 Å². The van der Waals surface area contributed by atoms with Crippen LogP contribution in [0.2, 0.25) is 0 Å². The van der Waals surface area contributed by atoms with Gasteiger partial charge in [0.1, 0.15) is 23.9 Å². The quantitative estimate of drug-likeness (QED) is 0.159. The number of halogens is 2. The zero-order valence-electron chi connectivity index (χ0n) is 19.1. The molecule has 5 rings (SSSR count). The monoisotopic (exact) mass is 541 g/mol. The minimum atomic E-state index is -0.273. The molecule has 0 atom stereocenters. The van der Waals surface area contributed by atoms with Crippen LogP contribution in [0.3, 0.4) is 0 Å². The van der Waals surface area contributed by atoms with Crippen LogP contribution in [0, 0.1) is 5.82 Å². The lowest BCUT2D eigenvalue weighted by Gasteiger charge is -2.11. The fraction of sp³-hybridized carbons (Fsp3) is 0.0690. The summed E-state index contributed by atoms with van der Waals surface area (Å²) in [7, 11) is 0. The predicted molar refractivity (Wildman–Crippen MR) is 141 cm³/mol. The van der Waals surface area contributed by atoms with Gasteiger partial charge in [-0.3, -0.25) is 4.79 Å². The Morgan fingerprint density at radius 2 is 1.75 bits per heavy atom. The summed E-state index contributed by atoms with van der Waals surface area (Å²) in [5, 5.41) is 10.4. The molecule has 5 aromatic rings. The topological polar surface area (TPSA) is 57.0 Å². The van der Waals surface area contributed by atoms with Gasteiger partial charge in [0.25, 0.3) is 0 Å². The van der Waals surface area contributed by atoms with Crippen LogP contribution in [-0.2, 0) is 13.2 Å². The first-order chi connectivity index (χ1) is 17.5. The molecule has 0 saturated heterocycles. The number of nitrogens with zero attached hydrogens (tertiary/aromatic N) is 3. The van der Waals surface area contributed by atoms with E-state index in [9.17, 15) is 9.18 Å². The summed E-state index contributed by atoms with van der Waals surface area (Å²) in [5.41, 5.74) is 3.00. The summed E-state index contributed by atoms with van der Waals surface area (Å²) >= 11 is 3.39. The van der Waals surface area contributed by atoms with E-state index >= 15 is 0 Å². The van der Waals surface area contributed by atoms with Crippen LogP contribution in [0.5, 0.6) is 5.75 Å². The highest BCUT2D eigenvalue weighted by Gasteiger charge is 2.10. The van der Waals surface area contributed by atoms with E-state index in [1.54, 1.807) is 47.3 Å². The number of ketones is 1. The van der Waals surface area contributed by atoms with Gasteiger partial charge < -0.3 is 4.74 Å². The summed E-state index contributed by atoms with van der Waals surface area (Å²) < 4.78 is 21.9. The van der Waals surface area contributed by atoms with Gasteiger partial charge >= 0.3 is 0 Å². The molecule has 36 heavy (non-hydrogen) atoms. The normalized spacial score (nSPS) is 11.3. The Labute approximate surface area is 216 Å². The highest BCUT2D eigenvalue weighted by molar-refractivity contribution is 9.10. The molecule has 0 aliphatic rings. The molecular formula is C29H21BrFN3O2. The minimum absolute atomic E-state index is 0.0925. The number of carbonyl (C=O) groups is 1. The molecule has 4 aromatic carbocycles. The van der Waals surface area contributed by atoms with Crippen molar-refractivity contribution in [1.82, 2.24) is 15.0 Å². The highest BCUT2D eigenvalue weighted by Crippen LogP contribution is 2.30. The molecule has 0 amide bonds. The second kappa shape index (κ2) is 10.7. The van der Waals surface area contributed by atoms with Gasteiger partial charge in [-0.15, -0.1) is 5.10 Å². The zero-order chi connectivity index (χ0) is 24.9. The predicted octanol–water partition coefficient (Wildman–Crippen LogP) is 6.86. The van der Waals surface area contributed by atoms with Crippen LogP contribution in [0.4, 0.5) is 4.39 Å². The second-order valence-electron chi connectivity index (χ2n) is 8.23. The molecule has 178 valence electrons. The van der Waals surface area contributed by atoms with E-state index in [2.05, 4.69) is 26.2 Å². The van der Waals surface area contributed by atoms with Crippen molar-refractivity contribution in [3.63, 3.8) is 0 Å². The molecule has 1 aromatic heterocycles. The lowest BCUT2D eigenvalue weighted by atomic mass is 10.0. The molecular weight excluding hydrogens is 521 g/mol. The van der Waals surface area contributed by atoms with E-state index in [1.807, 2.05) is 48.5 Å². The van der Waals surface area contributed by atoms with Crippen LogP contribution < -0.4 is 4.74 Å².